The number of nitrogens with one attached hydrogen (secondary N) is 3. The van der Waals surface area contributed by atoms with E-state index < -0.39 is 0 Å². The van der Waals surface area contributed by atoms with Crippen molar-refractivity contribution in [3.05, 3.63) is 11.8 Å². The highest BCUT2D eigenvalue weighted by molar-refractivity contribution is 5.75. The zero-order chi connectivity index (χ0) is 11.2. The van der Waals surface area contributed by atoms with Gasteiger partial charge in [-0.05, 0) is 37.8 Å². The van der Waals surface area contributed by atoms with Crippen molar-refractivity contribution in [2.75, 3.05) is 13.1 Å². The molecule has 0 bridgehead atoms. The SMILES string of the molecule is O=C(N/C=C1/CCCNC1)NC1CCCC1. The molecular formula is C12H21N3O. The average Bonchev–Trinajstić information content (AvgIpc) is 2.81. The molecule has 1 aliphatic heterocycles. The molecule has 1 aliphatic carbocycles. The van der Waals surface area contributed by atoms with E-state index in [0.29, 0.717) is 6.04 Å². The highest BCUT2D eigenvalue weighted by Gasteiger charge is 2.16. The van der Waals surface area contributed by atoms with E-state index >= 15 is 0 Å². The van der Waals surface area contributed by atoms with Crippen molar-refractivity contribution >= 4 is 6.03 Å². The molecular weight excluding hydrogens is 202 g/mol. The van der Waals surface area contributed by atoms with Gasteiger partial charge in [0.1, 0.15) is 0 Å². The van der Waals surface area contributed by atoms with Crippen LogP contribution in [0.2, 0.25) is 0 Å². The summed E-state index contributed by atoms with van der Waals surface area (Å²) in [4.78, 5) is 11.6. The molecule has 2 amide bonds. The maximum Gasteiger partial charge on any atom is 0.318 e. The molecule has 1 saturated heterocycles. The highest BCUT2D eigenvalue weighted by Crippen LogP contribution is 2.17. The van der Waals surface area contributed by atoms with Crippen molar-refractivity contribution in [1.29, 1.82) is 0 Å². The third-order valence-corrected chi connectivity index (χ3v) is 3.30. The molecule has 90 valence electrons. The van der Waals surface area contributed by atoms with Crippen LogP contribution in [-0.4, -0.2) is 25.2 Å². The van der Waals surface area contributed by atoms with Crippen LogP contribution in [0.25, 0.3) is 0 Å². The topological polar surface area (TPSA) is 53.2 Å². The Morgan fingerprint density at radius 3 is 2.81 bits per heavy atom. The lowest BCUT2D eigenvalue weighted by Crippen LogP contribution is -2.39. The lowest BCUT2D eigenvalue weighted by atomic mass is 10.1. The minimum Gasteiger partial charge on any atom is -0.335 e. The molecule has 0 spiro atoms. The Morgan fingerprint density at radius 2 is 2.12 bits per heavy atom. The zero-order valence-electron chi connectivity index (χ0n) is 9.72. The van der Waals surface area contributed by atoms with Gasteiger partial charge in [0.25, 0.3) is 0 Å². The number of carbonyl (C=O) groups is 1. The van der Waals surface area contributed by atoms with Gasteiger partial charge in [0.05, 0.1) is 0 Å². The molecule has 1 saturated carbocycles. The van der Waals surface area contributed by atoms with Crippen molar-refractivity contribution in [1.82, 2.24) is 16.0 Å². The van der Waals surface area contributed by atoms with E-state index in [1.165, 1.54) is 18.4 Å². The number of hydrogen-bond acceptors (Lipinski definition) is 2. The van der Waals surface area contributed by atoms with Gasteiger partial charge in [-0.2, -0.15) is 0 Å². The normalized spacial score (nSPS) is 24.6. The predicted octanol–water partition coefficient (Wildman–Crippen LogP) is 1.50. The van der Waals surface area contributed by atoms with E-state index in [2.05, 4.69) is 16.0 Å². The molecule has 0 unspecified atom stereocenters. The fourth-order valence-corrected chi connectivity index (χ4v) is 2.37. The molecule has 2 rings (SSSR count). The molecule has 16 heavy (non-hydrogen) atoms. The second-order valence-corrected chi connectivity index (χ2v) is 4.68. The largest absolute Gasteiger partial charge is 0.335 e. The second-order valence-electron chi connectivity index (χ2n) is 4.68. The van der Waals surface area contributed by atoms with Gasteiger partial charge in [0.15, 0.2) is 0 Å². The summed E-state index contributed by atoms with van der Waals surface area (Å²) in [5, 5.41) is 9.12. The molecule has 0 atom stereocenters. The van der Waals surface area contributed by atoms with Crippen molar-refractivity contribution in [3.63, 3.8) is 0 Å². The van der Waals surface area contributed by atoms with E-state index in [9.17, 15) is 4.79 Å². The molecule has 0 aromatic heterocycles. The summed E-state index contributed by atoms with van der Waals surface area (Å²) >= 11 is 0. The van der Waals surface area contributed by atoms with Gasteiger partial charge in [0, 0.05) is 18.8 Å². The van der Waals surface area contributed by atoms with Crippen LogP contribution in [0.4, 0.5) is 4.79 Å². The summed E-state index contributed by atoms with van der Waals surface area (Å²) in [5.74, 6) is 0. The fraction of sp³-hybridized carbons (Fsp3) is 0.750. The van der Waals surface area contributed by atoms with Crippen molar-refractivity contribution < 1.29 is 4.79 Å². The van der Waals surface area contributed by atoms with Gasteiger partial charge in [-0.3, -0.25) is 0 Å². The van der Waals surface area contributed by atoms with Crippen LogP contribution in [0.1, 0.15) is 38.5 Å². The van der Waals surface area contributed by atoms with Gasteiger partial charge >= 0.3 is 6.03 Å². The first-order valence-corrected chi connectivity index (χ1v) is 6.30. The van der Waals surface area contributed by atoms with E-state index in [-0.39, 0.29) is 6.03 Å². The smallest absolute Gasteiger partial charge is 0.318 e. The standard InChI is InChI=1S/C12H21N3O/c16-12(15-11-5-1-2-6-11)14-9-10-4-3-7-13-8-10/h9,11,13H,1-8H2,(H2,14,15,16)/b10-9-. The molecule has 0 aromatic rings. The third kappa shape index (κ3) is 3.52. The zero-order valence-corrected chi connectivity index (χ0v) is 9.72. The predicted molar refractivity (Wildman–Crippen MR) is 64.1 cm³/mol. The van der Waals surface area contributed by atoms with Gasteiger partial charge in [-0.25, -0.2) is 4.79 Å². The molecule has 2 fully saturated rings. The van der Waals surface area contributed by atoms with Gasteiger partial charge in [0.2, 0.25) is 0 Å². The first-order valence-electron chi connectivity index (χ1n) is 6.30. The lowest BCUT2D eigenvalue weighted by molar-refractivity contribution is 0.240. The van der Waals surface area contributed by atoms with E-state index in [1.54, 1.807) is 0 Å². The van der Waals surface area contributed by atoms with E-state index in [4.69, 9.17) is 0 Å². The van der Waals surface area contributed by atoms with Crippen LogP contribution in [0.5, 0.6) is 0 Å². The minimum atomic E-state index is -0.0510. The van der Waals surface area contributed by atoms with Crippen LogP contribution in [0.3, 0.4) is 0 Å². The number of hydrogen-bond donors (Lipinski definition) is 3. The minimum absolute atomic E-state index is 0.0510. The van der Waals surface area contributed by atoms with Crippen LogP contribution in [-0.2, 0) is 0 Å². The molecule has 1 heterocycles. The van der Waals surface area contributed by atoms with Crippen LogP contribution < -0.4 is 16.0 Å². The molecule has 4 nitrogen and oxygen atoms in total. The Balaban J connectivity index is 1.69. The van der Waals surface area contributed by atoms with Crippen LogP contribution >= 0.6 is 0 Å². The number of amides is 2. The number of rotatable bonds is 2. The Bertz CT molecular complexity index is 261. The number of carbonyl (C=O) groups excluding carboxylic acids is 1. The fourth-order valence-electron chi connectivity index (χ4n) is 2.37. The van der Waals surface area contributed by atoms with Gasteiger partial charge in [-0.1, -0.05) is 12.8 Å². The molecule has 4 heteroatoms. The van der Waals surface area contributed by atoms with Crippen LogP contribution in [0, 0.1) is 0 Å². The summed E-state index contributed by atoms with van der Waals surface area (Å²) in [6.07, 6.45) is 8.87. The summed E-state index contributed by atoms with van der Waals surface area (Å²) in [7, 11) is 0. The highest BCUT2D eigenvalue weighted by atomic mass is 16.2. The number of piperidine rings is 1. The monoisotopic (exact) mass is 223 g/mol. The first-order chi connectivity index (χ1) is 7.84. The quantitative estimate of drug-likeness (QED) is 0.664. The lowest BCUT2D eigenvalue weighted by Gasteiger charge is -2.16. The Labute approximate surface area is 96.9 Å². The maximum absolute atomic E-state index is 11.6. The van der Waals surface area contributed by atoms with E-state index in [1.807, 2.05) is 6.20 Å². The summed E-state index contributed by atoms with van der Waals surface area (Å²) in [6.45, 7) is 2.00. The summed E-state index contributed by atoms with van der Waals surface area (Å²) in [5.41, 5.74) is 1.29. The summed E-state index contributed by atoms with van der Waals surface area (Å²) in [6, 6.07) is 0.341. The van der Waals surface area contributed by atoms with Gasteiger partial charge in [-0.15, -0.1) is 0 Å². The van der Waals surface area contributed by atoms with Crippen LogP contribution in [0.15, 0.2) is 11.8 Å². The molecule has 3 N–H and O–H groups in total. The third-order valence-electron chi connectivity index (χ3n) is 3.30. The average molecular weight is 223 g/mol. The molecule has 0 radical (unpaired) electrons. The van der Waals surface area contributed by atoms with Crippen molar-refractivity contribution in [3.8, 4) is 0 Å². The second kappa shape index (κ2) is 5.89. The Kier molecular flexibility index (Phi) is 4.22. The Morgan fingerprint density at radius 1 is 1.31 bits per heavy atom. The number of urea groups is 1. The first kappa shape index (κ1) is 11.5. The van der Waals surface area contributed by atoms with Crippen molar-refractivity contribution in [2.24, 2.45) is 0 Å². The summed E-state index contributed by atoms with van der Waals surface area (Å²) < 4.78 is 0. The maximum atomic E-state index is 11.6. The van der Waals surface area contributed by atoms with E-state index in [0.717, 1.165) is 38.8 Å². The van der Waals surface area contributed by atoms with Crippen molar-refractivity contribution in [2.45, 2.75) is 44.6 Å². The Hall–Kier alpha value is -1.03. The molecule has 2 aliphatic rings. The molecule has 0 aromatic carbocycles. The van der Waals surface area contributed by atoms with Gasteiger partial charge < -0.3 is 16.0 Å².